The lowest BCUT2D eigenvalue weighted by atomic mass is 10.1. The van der Waals surface area contributed by atoms with Gasteiger partial charge in [-0.2, -0.15) is 0 Å². The predicted octanol–water partition coefficient (Wildman–Crippen LogP) is 22.2. The van der Waals surface area contributed by atoms with Crippen molar-refractivity contribution in [1.29, 1.82) is 0 Å². The predicted molar refractivity (Wildman–Crippen MR) is 352 cm³/mol. The van der Waals surface area contributed by atoms with Crippen molar-refractivity contribution in [1.82, 2.24) is 0 Å². The molecule has 0 fully saturated rings. The third kappa shape index (κ3) is 64.9. The van der Waals surface area contributed by atoms with Crippen molar-refractivity contribution in [3.63, 3.8) is 0 Å². The number of hydrogen-bond acceptors (Lipinski definition) is 6. The summed E-state index contributed by atoms with van der Waals surface area (Å²) < 4.78 is 16.8. The Bertz CT molecular complexity index is 1950. The molecule has 0 aliphatic rings. The lowest BCUT2D eigenvalue weighted by Gasteiger charge is -2.18. The molecule has 0 aromatic rings. The standard InChI is InChI=1S/C75H114O6/c1-4-7-10-13-16-19-22-25-27-29-31-33-35-36-37-38-40-41-43-45-47-50-53-56-59-62-65-68-74(77)80-71-72(70-79-73(76)67-64-61-58-55-52-49-24-21-18-15-12-9-6-3)81-75(78)69-66-63-60-57-54-51-48-46-44-42-39-34-32-30-28-26-23-20-17-14-11-8-5-2/h7-12,16-21,25-28,31-34,36-37,40-42,44-45,47,49,52,58,61,72H,4-6,13-15,22-24,29-30,35,38-39,43,46,48,50-51,53-57,59-60,62-71H2,1-3H3/b10-7-,11-8-,12-9-,19-16-,20-17-,21-18-,27-25-,28-26-,33-31-,34-32-,37-36-,41-40-,44-42-,47-45-,52-49-,61-58-. The van der Waals surface area contributed by atoms with Crippen LogP contribution in [0.15, 0.2) is 194 Å². The number of carbonyl (C=O) groups excluding carboxylic acids is 3. The van der Waals surface area contributed by atoms with Gasteiger partial charge < -0.3 is 14.2 Å². The fraction of sp³-hybridized carbons (Fsp3) is 0.533. The smallest absolute Gasteiger partial charge is 0.306 e. The normalized spacial score (nSPS) is 13.5. The van der Waals surface area contributed by atoms with Crippen LogP contribution in [0.1, 0.15) is 239 Å². The fourth-order valence-corrected chi connectivity index (χ4v) is 7.93. The van der Waals surface area contributed by atoms with E-state index in [0.717, 1.165) is 173 Å². The third-order valence-electron chi connectivity index (χ3n) is 12.6. The molecule has 0 saturated carbocycles. The second-order valence-electron chi connectivity index (χ2n) is 20.2. The second kappa shape index (κ2) is 66.8. The van der Waals surface area contributed by atoms with Gasteiger partial charge in [-0.05, 0) is 148 Å². The first-order chi connectivity index (χ1) is 40.0. The Kier molecular flexibility index (Phi) is 62.0. The minimum atomic E-state index is -0.835. The molecular formula is C75H114O6. The summed E-state index contributed by atoms with van der Waals surface area (Å²) in [6.07, 6.45) is 102. The van der Waals surface area contributed by atoms with Gasteiger partial charge in [0, 0.05) is 19.3 Å². The number of hydrogen-bond donors (Lipinski definition) is 0. The van der Waals surface area contributed by atoms with Gasteiger partial charge in [-0.15, -0.1) is 0 Å². The first kappa shape index (κ1) is 75.2. The summed E-state index contributed by atoms with van der Waals surface area (Å²) in [5.74, 6) is -1.05. The SMILES string of the molecule is CC/C=C\C/C=C\C/C=C\C/C=C\C/C=C\C/C=C\C/C=C\CCCCCCCC(=O)OCC(COC(=O)CC/C=C\C/C=C\C/C=C\C/C=C\CC)OC(=O)CCCCCCCCC/C=C\C/C=C\C/C=C\C/C=C\C/C=C\CC. The van der Waals surface area contributed by atoms with Crippen LogP contribution in [0.5, 0.6) is 0 Å². The summed E-state index contributed by atoms with van der Waals surface area (Å²) in [5, 5.41) is 0. The summed E-state index contributed by atoms with van der Waals surface area (Å²) in [6, 6.07) is 0. The maximum absolute atomic E-state index is 12.9. The Balaban J connectivity index is 4.49. The van der Waals surface area contributed by atoms with Gasteiger partial charge in [0.15, 0.2) is 6.10 Å². The maximum Gasteiger partial charge on any atom is 0.306 e. The Morgan fingerprint density at radius 2 is 0.469 bits per heavy atom. The molecule has 0 amide bonds. The fourth-order valence-electron chi connectivity index (χ4n) is 7.93. The molecule has 1 unspecified atom stereocenters. The van der Waals surface area contributed by atoms with Crippen molar-refractivity contribution < 1.29 is 28.6 Å². The van der Waals surface area contributed by atoms with Crippen molar-refractivity contribution in [3.8, 4) is 0 Å². The van der Waals surface area contributed by atoms with Crippen LogP contribution in [-0.2, 0) is 28.6 Å². The topological polar surface area (TPSA) is 78.9 Å². The van der Waals surface area contributed by atoms with E-state index in [0.29, 0.717) is 12.8 Å². The highest BCUT2D eigenvalue weighted by molar-refractivity contribution is 5.71. The van der Waals surface area contributed by atoms with E-state index in [9.17, 15) is 14.4 Å². The molecule has 0 aromatic heterocycles. The zero-order valence-electron chi connectivity index (χ0n) is 51.5. The minimum Gasteiger partial charge on any atom is -0.462 e. The largest absolute Gasteiger partial charge is 0.462 e. The van der Waals surface area contributed by atoms with E-state index < -0.39 is 6.10 Å². The molecule has 0 bridgehead atoms. The van der Waals surface area contributed by atoms with Gasteiger partial charge in [0.25, 0.3) is 0 Å². The average molecular weight is 1110 g/mol. The van der Waals surface area contributed by atoms with Gasteiger partial charge >= 0.3 is 17.9 Å². The molecule has 81 heavy (non-hydrogen) atoms. The van der Waals surface area contributed by atoms with E-state index >= 15 is 0 Å². The number of ether oxygens (including phenoxy) is 3. The van der Waals surface area contributed by atoms with Gasteiger partial charge in [0.1, 0.15) is 13.2 Å². The zero-order chi connectivity index (χ0) is 58.5. The van der Waals surface area contributed by atoms with E-state index in [2.05, 4.69) is 203 Å². The van der Waals surface area contributed by atoms with Gasteiger partial charge in [-0.3, -0.25) is 14.4 Å². The van der Waals surface area contributed by atoms with E-state index in [1.165, 1.54) is 19.3 Å². The summed E-state index contributed by atoms with van der Waals surface area (Å²) in [4.78, 5) is 38.3. The van der Waals surface area contributed by atoms with Crippen LogP contribution in [0.2, 0.25) is 0 Å². The molecule has 0 aliphatic carbocycles. The Hall–Kier alpha value is -5.75. The van der Waals surface area contributed by atoms with E-state index in [1.807, 2.05) is 12.2 Å². The quantitative estimate of drug-likeness (QED) is 0.0261. The second-order valence-corrected chi connectivity index (χ2v) is 20.2. The van der Waals surface area contributed by atoms with Crippen LogP contribution in [-0.4, -0.2) is 37.2 Å². The molecule has 0 N–H and O–H groups in total. The highest BCUT2D eigenvalue weighted by atomic mass is 16.6. The third-order valence-corrected chi connectivity index (χ3v) is 12.6. The van der Waals surface area contributed by atoms with E-state index in [4.69, 9.17) is 14.2 Å². The van der Waals surface area contributed by atoms with Crippen LogP contribution < -0.4 is 0 Å². The number of esters is 3. The molecule has 6 nitrogen and oxygen atoms in total. The molecule has 0 radical (unpaired) electrons. The number of carbonyl (C=O) groups is 3. The van der Waals surface area contributed by atoms with Crippen molar-refractivity contribution in [3.05, 3.63) is 194 Å². The molecule has 0 rings (SSSR count). The van der Waals surface area contributed by atoms with Crippen molar-refractivity contribution in [2.24, 2.45) is 0 Å². The summed E-state index contributed by atoms with van der Waals surface area (Å²) >= 11 is 0. The minimum absolute atomic E-state index is 0.126. The Morgan fingerprint density at radius 3 is 0.765 bits per heavy atom. The highest BCUT2D eigenvalue weighted by Gasteiger charge is 2.19. The first-order valence-electron chi connectivity index (χ1n) is 31.9. The molecule has 0 heterocycles. The van der Waals surface area contributed by atoms with Gasteiger partial charge in [-0.1, -0.05) is 267 Å². The Morgan fingerprint density at radius 1 is 0.247 bits per heavy atom. The molecule has 6 heteroatoms. The van der Waals surface area contributed by atoms with E-state index in [-0.39, 0.29) is 44.0 Å². The molecule has 0 aromatic carbocycles. The molecule has 0 saturated heterocycles. The number of rotatable bonds is 55. The average Bonchev–Trinajstić information content (AvgIpc) is 3.46. The van der Waals surface area contributed by atoms with Crippen LogP contribution in [0.25, 0.3) is 0 Å². The van der Waals surface area contributed by atoms with Crippen LogP contribution >= 0.6 is 0 Å². The summed E-state index contributed by atoms with van der Waals surface area (Å²) in [6.45, 7) is 6.19. The van der Waals surface area contributed by atoms with Crippen molar-refractivity contribution >= 4 is 17.9 Å². The van der Waals surface area contributed by atoms with Crippen LogP contribution in [0.3, 0.4) is 0 Å². The number of allylic oxidation sites excluding steroid dienone is 32. The number of unbranched alkanes of at least 4 members (excludes halogenated alkanes) is 12. The van der Waals surface area contributed by atoms with Gasteiger partial charge in [0.2, 0.25) is 0 Å². The highest BCUT2D eigenvalue weighted by Crippen LogP contribution is 2.13. The van der Waals surface area contributed by atoms with Crippen LogP contribution in [0.4, 0.5) is 0 Å². The molecular weight excluding hydrogens is 997 g/mol. The first-order valence-corrected chi connectivity index (χ1v) is 31.9. The molecule has 0 aliphatic heterocycles. The van der Waals surface area contributed by atoms with Gasteiger partial charge in [0.05, 0.1) is 0 Å². The molecule has 450 valence electrons. The molecule has 0 spiro atoms. The van der Waals surface area contributed by atoms with Crippen molar-refractivity contribution in [2.45, 2.75) is 245 Å². The summed E-state index contributed by atoms with van der Waals surface area (Å²) in [7, 11) is 0. The monoisotopic (exact) mass is 1110 g/mol. The Labute approximate surface area is 497 Å². The lowest BCUT2D eigenvalue weighted by Crippen LogP contribution is -2.30. The molecule has 1 atom stereocenters. The van der Waals surface area contributed by atoms with E-state index in [1.54, 1.807) is 0 Å². The lowest BCUT2D eigenvalue weighted by molar-refractivity contribution is -0.166. The summed E-state index contributed by atoms with van der Waals surface area (Å²) in [5.41, 5.74) is 0. The van der Waals surface area contributed by atoms with Crippen LogP contribution in [0, 0.1) is 0 Å². The maximum atomic E-state index is 12.9. The van der Waals surface area contributed by atoms with Gasteiger partial charge in [-0.25, -0.2) is 0 Å². The van der Waals surface area contributed by atoms with Crippen molar-refractivity contribution in [2.75, 3.05) is 13.2 Å². The zero-order valence-corrected chi connectivity index (χ0v) is 51.5.